The molecule has 5 aromatic rings. The summed E-state index contributed by atoms with van der Waals surface area (Å²) in [4.78, 5) is 33.2. The third kappa shape index (κ3) is 5.83. The zero-order valence-corrected chi connectivity index (χ0v) is 25.8. The van der Waals surface area contributed by atoms with E-state index in [-0.39, 0.29) is 23.7 Å². The molecule has 15 heteroatoms. The lowest BCUT2D eigenvalue weighted by Gasteiger charge is -2.37. The van der Waals surface area contributed by atoms with Gasteiger partial charge in [-0.05, 0) is 41.0 Å². The Morgan fingerprint density at radius 2 is 1.57 bits per heavy atom. The SMILES string of the molecule is COc1ccc(C(OC[C@H]2O[C@@H](n3cnc4c(=O)[nH]c(N)nc43)[C@H](O)[C@@H]2OP(N)O)(c2ccccc2)c2ccc(OC)cc2)cc1. The van der Waals surface area contributed by atoms with Crippen LogP contribution in [-0.4, -0.2) is 68.7 Å². The summed E-state index contributed by atoms with van der Waals surface area (Å²) >= 11 is 0. The smallest absolute Gasteiger partial charge is 0.280 e. The van der Waals surface area contributed by atoms with Gasteiger partial charge in [0.1, 0.15) is 35.4 Å². The molecule has 0 radical (unpaired) electrons. The molecule has 1 aliphatic rings. The van der Waals surface area contributed by atoms with Gasteiger partial charge in [0.2, 0.25) is 5.95 Å². The van der Waals surface area contributed by atoms with Crippen molar-refractivity contribution in [2.45, 2.75) is 30.1 Å². The summed E-state index contributed by atoms with van der Waals surface area (Å²) in [6.07, 6.45) is -3.30. The fourth-order valence-electron chi connectivity index (χ4n) is 5.75. The monoisotopic (exact) mass is 648 g/mol. The molecule has 14 nitrogen and oxygen atoms in total. The first kappa shape index (κ1) is 31.6. The van der Waals surface area contributed by atoms with Crippen molar-refractivity contribution in [2.24, 2.45) is 5.50 Å². The number of nitrogens with zero attached hydrogens (tertiary/aromatic N) is 3. The number of nitrogens with one attached hydrogen (secondary N) is 1. The highest BCUT2D eigenvalue weighted by Crippen LogP contribution is 2.44. The van der Waals surface area contributed by atoms with Crippen molar-refractivity contribution in [3.8, 4) is 11.5 Å². The van der Waals surface area contributed by atoms with Crippen molar-refractivity contribution in [3.63, 3.8) is 0 Å². The number of anilines is 1. The average Bonchev–Trinajstić information content (AvgIpc) is 3.62. The molecule has 2 aromatic heterocycles. The van der Waals surface area contributed by atoms with E-state index in [9.17, 15) is 14.8 Å². The van der Waals surface area contributed by atoms with E-state index in [1.807, 2.05) is 78.9 Å². The van der Waals surface area contributed by atoms with Gasteiger partial charge in [-0.2, -0.15) is 4.98 Å². The molecule has 1 saturated heterocycles. The second kappa shape index (κ2) is 13.1. The number of aliphatic hydroxyl groups is 1. The standard InChI is InChI=1S/C31H33N6O8P/c1-41-21-12-8-19(9-13-21)31(18-6-4-3-5-7-18,20-10-14-22(42-2)15-11-20)43-16-23-26(45-46(33)40)25(38)29(44-23)37-17-34-24-27(37)35-30(32)36-28(24)39/h3-15,17,23,25-26,29,38,40H,16,33H2,1-2H3,(H3,32,35,36,39)/t23-,25-,26-,29-,46?/m1/s1. The number of ether oxygens (including phenoxy) is 4. The Bertz CT molecular complexity index is 1790. The molecular formula is C31H33N6O8P. The number of nitrogen functional groups attached to an aromatic ring is 1. The second-order valence-electron chi connectivity index (χ2n) is 10.5. The molecular weight excluding hydrogens is 615 g/mol. The highest BCUT2D eigenvalue weighted by Gasteiger charge is 2.49. The maximum atomic E-state index is 12.4. The minimum absolute atomic E-state index is 0.00695. The van der Waals surface area contributed by atoms with Crippen LogP contribution < -0.4 is 26.3 Å². The summed E-state index contributed by atoms with van der Waals surface area (Å²) in [5.41, 5.74) is 12.2. The van der Waals surface area contributed by atoms with Crippen molar-refractivity contribution in [2.75, 3.05) is 26.6 Å². The molecule has 46 heavy (non-hydrogen) atoms. The van der Waals surface area contributed by atoms with Gasteiger partial charge in [-0.1, -0.05) is 54.6 Å². The lowest BCUT2D eigenvalue weighted by Crippen LogP contribution is -2.40. The number of aromatic amines is 1. The van der Waals surface area contributed by atoms with E-state index >= 15 is 0 Å². The minimum Gasteiger partial charge on any atom is -0.497 e. The lowest BCUT2D eigenvalue weighted by atomic mass is 9.80. The van der Waals surface area contributed by atoms with Gasteiger partial charge in [-0.25, -0.2) is 4.98 Å². The van der Waals surface area contributed by atoms with E-state index in [0.717, 1.165) is 16.7 Å². The molecule has 0 spiro atoms. The molecule has 0 bridgehead atoms. The first-order valence-electron chi connectivity index (χ1n) is 14.2. The van der Waals surface area contributed by atoms with Crippen LogP contribution in [0.2, 0.25) is 0 Å². The zero-order chi connectivity index (χ0) is 32.4. The molecule has 5 atom stereocenters. The van der Waals surface area contributed by atoms with Gasteiger partial charge >= 0.3 is 0 Å². The summed E-state index contributed by atoms with van der Waals surface area (Å²) < 4.78 is 31.1. The van der Waals surface area contributed by atoms with E-state index < -0.39 is 44.2 Å². The molecule has 1 aliphatic heterocycles. The summed E-state index contributed by atoms with van der Waals surface area (Å²) in [6.45, 7) is -0.142. The number of benzene rings is 3. The van der Waals surface area contributed by atoms with Gasteiger partial charge in [-0.15, -0.1) is 0 Å². The fraction of sp³-hybridized carbons (Fsp3) is 0.258. The number of methoxy groups -OCH3 is 2. The Hall–Kier alpha value is -4.40. The van der Waals surface area contributed by atoms with E-state index in [0.29, 0.717) is 11.5 Å². The topological polar surface area (TPSA) is 202 Å². The number of hydrogen-bond acceptors (Lipinski definition) is 12. The maximum Gasteiger partial charge on any atom is 0.280 e. The highest BCUT2D eigenvalue weighted by atomic mass is 31.2. The molecule has 7 N–H and O–H groups in total. The average molecular weight is 649 g/mol. The number of aromatic nitrogens is 4. The van der Waals surface area contributed by atoms with Crippen LogP contribution in [-0.2, 0) is 19.6 Å². The van der Waals surface area contributed by atoms with Crippen molar-refractivity contribution in [1.29, 1.82) is 0 Å². The number of rotatable bonds is 11. The number of aliphatic hydroxyl groups excluding tert-OH is 1. The number of imidazole rings is 1. The quantitative estimate of drug-likeness (QED) is 0.104. The Morgan fingerprint density at radius 3 is 2.13 bits per heavy atom. The van der Waals surface area contributed by atoms with Gasteiger partial charge in [0.25, 0.3) is 14.1 Å². The summed E-state index contributed by atoms with van der Waals surface area (Å²) in [5.74, 6) is 1.20. The molecule has 6 rings (SSSR count). The van der Waals surface area contributed by atoms with Crippen LogP contribution in [0, 0.1) is 0 Å². The first-order valence-corrected chi connectivity index (χ1v) is 15.5. The van der Waals surface area contributed by atoms with Crippen LogP contribution in [0.15, 0.2) is 90.0 Å². The predicted octanol–water partition coefficient (Wildman–Crippen LogP) is 2.55. The van der Waals surface area contributed by atoms with Crippen LogP contribution in [0.25, 0.3) is 11.2 Å². The van der Waals surface area contributed by atoms with Crippen LogP contribution >= 0.6 is 8.53 Å². The molecule has 0 amide bonds. The first-order chi connectivity index (χ1) is 22.2. The molecule has 3 aromatic carbocycles. The largest absolute Gasteiger partial charge is 0.497 e. The van der Waals surface area contributed by atoms with Crippen molar-refractivity contribution >= 4 is 25.6 Å². The van der Waals surface area contributed by atoms with Gasteiger partial charge in [-0.3, -0.25) is 19.8 Å². The molecule has 1 fully saturated rings. The Labute approximate surface area is 264 Å². The number of fused-ring (bicyclic) bond motifs is 1. The Balaban J connectivity index is 1.43. The van der Waals surface area contributed by atoms with E-state index in [1.165, 1.54) is 10.9 Å². The van der Waals surface area contributed by atoms with Gasteiger partial charge in [0.05, 0.1) is 27.2 Å². The molecule has 240 valence electrons. The van der Waals surface area contributed by atoms with Crippen LogP contribution in [0.4, 0.5) is 5.95 Å². The van der Waals surface area contributed by atoms with Gasteiger partial charge < -0.3 is 39.2 Å². The van der Waals surface area contributed by atoms with E-state index in [4.69, 9.17) is 34.7 Å². The van der Waals surface area contributed by atoms with Crippen LogP contribution in [0.5, 0.6) is 11.5 Å². The summed E-state index contributed by atoms with van der Waals surface area (Å²) in [6, 6.07) is 24.7. The number of hydrogen-bond donors (Lipinski definition) is 5. The highest BCUT2D eigenvalue weighted by molar-refractivity contribution is 7.43. The van der Waals surface area contributed by atoms with Crippen LogP contribution in [0.1, 0.15) is 22.9 Å². The van der Waals surface area contributed by atoms with Gasteiger partial charge in [0, 0.05) is 0 Å². The maximum absolute atomic E-state index is 12.4. The minimum atomic E-state index is -2.41. The third-order valence-electron chi connectivity index (χ3n) is 7.90. The lowest BCUT2D eigenvalue weighted by molar-refractivity contribution is -0.0921. The Morgan fingerprint density at radius 1 is 0.978 bits per heavy atom. The number of nitrogens with two attached hydrogens (primary N) is 2. The number of H-pyrrole nitrogens is 1. The van der Waals surface area contributed by atoms with E-state index in [1.54, 1.807) is 14.2 Å². The summed E-state index contributed by atoms with van der Waals surface area (Å²) in [7, 11) is 0.779. The van der Waals surface area contributed by atoms with E-state index in [2.05, 4.69) is 15.0 Å². The molecule has 1 unspecified atom stereocenters. The van der Waals surface area contributed by atoms with Crippen molar-refractivity contribution < 1.29 is 33.5 Å². The molecule has 0 aliphatic carbocycles. The fourth-order valence-corrected chi connectivity index (χ4v) is 6.26. The second-order valence-corrected chi connectivity index (χ2v) is 11.3. The van der Waals surface area contributed by atoms with Crippen LogP contribution in [0.3, 0.4) is 0 Å². The molecule has 0 saturated carbocycles. The van der Waals surface area contributed by atoms with Gasteiger partial charge in [0.15, 0.2) is 17.4 Å². The predicted molar refractivity (Wildman–Crippen MR) is 169 cm³/mol. The molecule has 3 heterocycles. The Kier molecular flexibility index (Phi) is 9.02. The third-order valence-corrected chi connectivity index (χ3v) is 8.36. The van der Waals surface area contributed by atoms with Crippen molar-refractivity contribution in [3.05, 3.63) is 112 Å². The van der Waals surface area contributed by atoms with Crippen molar-refractivity contribution in [1.82, 2.24) is 19.5 Å². The normalized spacial score (nSPS) is 20.5. The zero-order valence-electron chi connectivity index (χ0n) is 24.9. The summed E-state index contributed by atoms with van der Waals surface area (Å²) in [5, 5.41) is 11.5.